The molecule has 0 saturated heterocycles. The summed E-state index contributed by atoms with van der Waals surface area (Å²) in [5.74, 6) is -1.00. The number of hydrogen-bond donors (Lipinski definition) is 5. The number of benzene rings is 1. The Balaban J connectivity index is 0.00000588. The highest BCUT2D eigenvalue weighted by Crippen LogP contribution is 2.28. The van der Waals surface area contributed by atoms with Gasteiger partial charge in [-0.3, -0.25) is 14.4 Å². The van der Waals surface area contributed by atoms with E-state index in [0.29, 0.717) is 24.5 Å². The molecule has 1 aliphatic carbocycles. The lowest BCUT2D eigenvalue weighted by Gasteiger charge is -2.31. The van der Waals surface area contributed by atoms with Crippen molar-refractivity contribution in [2.75, 3.05) is 6.54 Å². The molecule has 1 aromatic carbocycles. The van der Waals surface area contributed by atoms with E-state index in [1.165, 1.54) is 12.7 Å². The van der Waals surface area contributed by atoms with Crippen LogP contribution in [0.3, 0.4) is 0 Å². The van der Waals surface area contributed by atoms with E-state index in [4.69, 9.17) is 5.73 Å². The van der Waals surface area contributed by atoms with Crippen LogP contribution in [0.15, 0.2) is 42.9 Å². The molecule has 1 fully saturated rings. The number of nitrogens with one attached hydrogen (secondary N) is 3. The van der Waals surface area contributed by atoms with E-state index in [9.17, 15) is 19.5 Å². The van der Waals surface area contributed by atoms with E-state index in [1.54, 1.807) is 6.20 Å². The van der Waals surface area contributed by atoms with Gasteiger partial charge in [-0.25, -0.2) is 4.98 Å². The molecule has 9 nitrogen and oxygen atoms in total. The number of imidazole rings is 1. The van der Waals surface area contributed by atoms with Crippen LogP contribution in [0.4, 0.5) is 0 Å². The second-order valence-electron chi connectivity index (χ2n) is 12.2. The molecule has 0 unspecified atom stereocenters. The lowest BCUT2D eigenvalue weighted by Crippen LogP contribution is -2.55. The normalized spacial score (nSPS) is 17.0. The van der Waals surface area contributed by atoms with Gasteiger partial charge in [0.05, 0.1) is 24.2 Å². The fourth-order valence-electron chi connectivity index (χ4n) is 5.34. The molecule has 0 aliphatic heterocycles. The highest BCUT2D eigenvalue weighted by atomic mass is 35.5. The molecule has 228 valence electrons. The SMILES string of the molecule is CC(C)(C)C(=O)C[C@@H](Cc1ccccc1)C(=O)N[C@@H](Cc1c[nH]cn1)C(=O)N[C@@H](CC1CCCCC1)[C@@H](O)CN.Cl. The number of nitrogens with two attached hydrogens (primary N) is 1. The molecule has 10 heteroatoms. The standard InChI is InChI=1S/C31H47N5O4.ClH/c1-31(2,3)28(38)16-23(14-21-10-6-4-7-11-21)29(39)36-26(17-24-19-33-20-34-24)30(40)35-25(27(37)18-32)15-22-12-8-5-9-13-22;/h4,6-7,10-11,19-20,22-23,25-27,37H,5,8-9,12-18,32H2,1-3H3,(H,33,34)(H,35,40)(H,36,39);1H/t23-,25+,26+,27+;/m1./s1. The maximum Gasteiger partial charge on any atom is 0.243 e. The number of halogens is 1. The number of Topliss-reactive ketones (excluding diaryl/α,β-unsaturated/α-hetero) is 1. The van der Waals surface area contributed by atoms with Crippen LogP contribution < -0.4 is 16.4 Å². The van der Waals surface area contributed by atoms with Crippen LogP contribution in [0.5, 0.6) is 0 Å². The average Bonchev–Trinajstić information content (AvgIpc) is 3.45. The van der Waals surface area contributed by atoms with E-state index >= 15 is 0 Å². The monoisotopic (exact) mass is 589 g/mol. The van der Waals surface area contributed by atoms with E-state index in [2.05, 4.69) is 20.6 Å². The molecule has 4 atom stereocenters. The number of carbonyl (C=O) groups excluding carboxylic acids is 3. The van der Waals surface area contributed by atoms with E-state index in [1.807, 2.05) is 51.1 Å². The molecule has 0 spiro atoms. The lowest BCUT2D eigenvalue weighted by atomic mass is 9.83. The summed E-state index contributed by atoms with van der Waals surface area (Å²) in [6, 6.07) is 8.12. The highest BCUT2D eigenvalue weighted by Gasteiger charge is 2.33. The van der Waals surface area contributed by atoms with Crippen LogP contribution in [-0.2, 0) is 27.2 Å². The number of rotatable bonds is 14. The zero-order valence-electron chi connectivity index (χ0n) is 24.6. The van der Waals surface area contributed by atoms with Gasteiger partial charge in [0.15, 0.2) is 0 Å². The van der Waals surface area contributed by atoms with Crippen molar-refractivity contribution < 1.29 is 19.5 Å². The van der Waals surface area contributed by atoms with Crippen molar-refractivity contribution in [3.05, 3.63) is 54.1 Å². The maximum atomic E-state index is 13.7. The molecule has 6 N–H and O–H groups in total. The van der Waals surface area contributed by atoms with Crippen molar-refractivity contribution in [3.8, 4) is 0 Å². The Morgan fingerprint density at radius 3 is 2.32 bits per heavy atom. The lowest BCUT2D eigenvalue weighted by molar-refractivity contribution is -0.135. The number of aliphatic hydroxyl groups is 1. The fraction of sp³-hybridized carbons (Fsp3) is 0.613. The molecular weight excluding hydrogens is 542 g/mol. The predicted molar refractivity (Wildman–Crippen MR) is 162 cm³/mol. The smallest absolute Gasteiger partial charge is 0.243 e. The summed E-state index contributed by atoms with van der Waals surface area (Å²) < 4.78 is 0. The first-order valence-corrected chi connectivity index (χ1v) is 14.6. The number of aromatic amines is 1. The third kappa shape index (κ3) is 11.2. The first kappa shape index (κ1) is 34.5. The largest absolute Gasteiger partial charge is 0.390 e. The van der Waals surface area contributed by atoms with E-state index in [0.717, 1.165) is 31.2 Å². The van der Waals surface area contributed by atoms with Crippen molar-refractivity contribution in [2.24, 2.45) is 23.0 Å². The summed E-state index contributed by atoms with van der Waals surface area (Å²) in [5, 5.41) is 16.6. The molecule has 0 radical (unpaired) electrons. The first-order valence-electron chi connectivity index (χ1n) is 14.6. The topological polar surface area (TPSA) is 150 Å². The number of ketones is 1. The van der Waals surface area contributed by atoms with Crippen molar-refractivity contribution in [1.82, 2.24) is 20.6 Å². The summed E-state index contributed by atoms with van der Waals surface area (Å²) in [6.45, 7) is 5.56. The van der Waals surface area contributed by atoms with E-state index < -0.39 is 35.4 Å². The summed E-state index contributed by atoms with van der Waals surface area (Å²) in [7, 11) is 0. The summed E-state index contributed by atoms with van der Waals surface area (Å²) in [6.07, 6.45) is 9.23. The maximum absolute atomic E-state index is 13.7. The van der Waals surface area contributed by atoms with Gasteiger partial charge in [-0.05, 0) is 24.3 Å². The summed E-state index contributed by atoms with van der Waals surface area (Å²) >= 11 is 0. The second-order valence-corrected chi connectivity index (χ2v) is 12.2. The average molecular weight is 590 g/mol. The molecular formula is C31H48ClN5O4. The third-order valence-electron chi connectivity index (χ3n) is 7.91. The molecule has 3 rings (SSSR count). The van der Waals surface area contributed by atoms with Crippen molar-refractivity contribution in [1.29, 1.82) is 0 Å². The third-order valence-corrected chi connectivity index (χ3v) is 7.91. The molecule has 2 aromatic rings. The molecule has 2 amide bonds. The van der Waals surface area contributed by atoms with Gasteiger partial charge in [-0.15, -0.1) is 12.4 Å². The quantitative estimate of drug-likeness (QED) is 0.228. The minimum absolute atomic E-state index is 0. The second kappa shape index (κ2) is 16.6. The van der Waals surface area contributed by atoms with E-state index in [-0.39, 0.29) is 43.5 Å². The molecule has 1 aromatic heterocycles. The Hall–Kier alpha value is -2.75. The van der Waals surface area contributed by atoms with Gasteiger partial charge in [-0.2, -0.15) is 0 Å². The zero-order valence-corrected chi connectivity index (χ0v) is 25.4. The Bertz CT molecular complexity index is 1070. The predicted octanol–water partition coefficient (Wildman–Crippen LogP) is 3.50. The van der Waals surface area contributed by atoms with Gasteiger partial charge in [-0.1, -0.05) is 83.2 Å². The summed E-state index contributed by atoms with van der Waals surface area (Å²) in [4.78, 5) is 47.5. The first-order chi connectivity index (χ1) is 19.1. The van der Waals surface area contributed by atoms with Crippen LogP contribution in [0.2, 0.25) is 0 Å². The number of amides is 2. The molecule has 0 bridgehead atoms. The highest BCUT2D eigenvalue weighted by molar-refractivity contribution is 5.92. The van der Waals surface area contributed by atoms with Gasteiger partial charge in [0.2, 0.25) is 11.8 Å². The minimum Gasteiger partial charge on any atom is -0.390 e. The van der Waals surface area contributed by atoms with Crippen molar-refractivity contribution in [2.45, 2.75) is 96.7 Å². The molecule has 1 heterocycles. The van der Waals surface area contributed by atoms with Crippen LogP contribution >= 0.6 is 12.4 Å². The number of H-pyrrole nitrogens is 1. The number of aliphatic hydroxyl groups excluding tert-OH is 1. The number of nitrogens with zero attached hydrogens (tertiary/aromatic N) is 1. The van der Waals surface area contributed by atoms with Gasteiger partial charge in [0.1, 0.15) is 11.8 Å². The van der Waals surface area contributed by atoms with Crippen LogP contribution in [0.1, 0.15) is 77.0 Å². The van der Waals surface area contributed by atoms with Crippen molar-refractivity contribution >= 4 is 30.0 Å². The number of aromatic nitrogens is 2. The Labute approximate surface area is 250 Å². The summed E-state index contributed by atoms with van der Waals surface area (Å²) in [5.41, 5.74) is 6.77. The van der Waals surface area contributed by atoms with Gasteiger partial charge in [0, 0.05) is 36.9 Å². The minimum atomic E-state index is -0.933. The van der Waals surface area contributed by atoms with Gasteiger partial charge < -0.3 is 26.5 Å². The Kier molecular flexibility index (Phi) is 14.0. The van der Waals surface area contributed by atoms with Gasteiger partial charge >= 0.3 is 0 Å². The number of hydrogen-bond acceptors (Lipinski definition) is 6. The van der Waals surface area contributed by atoms with Crippen molar-refractivity contribution in [3.63, 3.8) is 0 Å². The fourth-order valence-corrected chi connectivity index (χ4v) is 5.34. The number of carbonyl (C=O) groups is 3. The van der Waals surface area contributed by atoms with Gasteiger partial charge in [0.25, 0.3) is 0 Å². The Morgan fingerprint density at radius 1 is 1.05 bits per heavy atom. The molecule has 1 aliphatic rings. The molecule has 41 heavy (non-hydrogen) atoms. The van der Waals surface area contributed by atoms with Crippen LogP contribution in [0, 0.1) is 17.3 Å². The van der Waals surface area contributed by atoms with Crippen LogP contribution in [0.25, 0.3) is 0 Å². The molecule has 1 saturated carbocycles. The Morgan fingerprint density at radius 2 is 1.73 bits per heavy atom. The van der Waals surface area contributed by atoms with Crippen LogP contribution in [-0.4, -0.2) is 57.4 Å². The zero-order chi connectivity index (χ0) is 29.1.